The van der Waals surface area contributed by atoms with Crippen LogP contribution >= 0.6 is 22.9 Å². The largest absolute Gasteiger partial charge is 0.459 e. The maximum absolute atomic E-state index is 11.8. The lowest BCUT2D eigenvalue weighted by Gasteiger charge is -2.17. The lowest BCUT2D eigenvalue weighted by Crippen LogP contribution is -2.48. The summed E-state index contributed by atoms with van der Waals surface area (Å²) in [5.41, 5.74) is 0.251. The topological polar surface area (TPSA) is 107 Å². The second-order valence-corrected chi connectivity index (χ2v) is 4.99. The van der Waals surface area contributed by atoms with Gasteiger partial charge in [-0.05, 0) is 26.0 Å². The number of pyridine rings is 1. The van der Waals surface area contributed by atoms with E-state index in [-0.39, 0.29) is 18.3 Å². The first-order chi connectivity index (χ1) is 10.4. The molecule has 0 aliphatic heterocycles. The minimum absolute atomic E-state index is 0.251. The van der Waals surface area contributed by atoms with Gasteiger partial charge in [-0.2, -0.15) is 0 Å². The summed E-state index contributed by atoms with van der Waals surface area (Å²) in [6.45, 7) is 3.03. The Morgan fingerprint density at radius 2 is 2.09 bits per heavy atom. The highest BCUT2D eigenvalue weighted by molar-refractivity contribution is 14.1. The number of amides is 2. The molecule has 0 saturated carbocycles. The van der Waals surface area contributed by atoms with Crippen LogP contribution in [0.5, 0.6) is 0 Å². The van der Waals surface area contributed by atoms with Crippen LogP contribution in [-0.2, 0) is 14.3 Å². The zero-order valence-electron chi connectivity index (χ0n) is 12.0. The molecule has 8 nitrogen and oxygen atoms in total. The lowest BCUT2D eigenvalue weighted by atomic mass is 10.3. The molecule has 0 saturated heterocycles. The second kappa shape index (κ2) is 9.18. The maximum atomic E-state index is 11.8. The minimum Gasteiger partial charge on any atom is -0.459 e. The number of hydrogen-bond acceptors (Lipinski definition) is 6. The van der Waals surface area contributed by atoms with E-state index in [1.165, 1.54) is 18.5 Å². The first-order valence-corrected chi connectivity index (χ1v) is 7.46. The number of esters is 1. The molecular weight excluding hydrogens is 405 g/mol. The van der Waals surface area contributed by atoms with Gasteiger partial charge in [0.1, 0.15) is 12.6 Å². The summed E-state index contributed by atoms with van der Waals surface area (Å²) in [6, 6.07) is 2.07. The Morgan fingerprint density at radius 3 is 2.64 bits per heavy atom. The lowest BCUT2D eigenvalue weighted by molar-refractivity contribution is -0.121. The summed E-state index contributed by atoms with van der Waals surface area (Å²) in [5, 5.41) is 2.34. The summed E-state index contributed by atoms with van der Waals surface area (Å²) in [5.74, 6) is -1.15. The fourth-order valence-electron chi connectivity index (χ4n) is 1.36. The minimum atomic E-state index is -1.05. The van der Waals surface area contributed by atoms with Gasteiger partial charge in [-0.1, -0.05) is 0 Å². The fourth-order valence-corrected chi connectivity index (χ4v) is 1.74. The van der Waals surface area contributed by atoms with Crippen LogP contribution in [0.2, 0.25) is 0 Å². The molecule has 1 aromatic rings. The summed E-state index contributed by atoms with van der Waals surface area (Å²) in [7, 11) is 0. The Bertz CT molecular complexity index is 524. The third kappa shape index (κ3) is 6.24. The molecule has 0 spiro atoms. The molecule has 1 atom stereocenters. The van der Waals surface area contributed by atoms with Crippen molar-refractivity contribution in [2.24, 2.45) is 0 Å². The van der Waals surface area contributed by atoms with E-state index in [0.29, 0.717) is 0 Å². The van der Waals surface area contributed by atoms with E-state index in [1.807, 2.05) is 0 Å². The second-order valence-electron chi connectivity index (χ2n) is 4.45. The molecule has 0 bridgehead atoms. The molecule has 120 valence electrons. The van der Waals surface area contributed by atoms with Crippen LogP contribution in [0.1, 0.15) is 24.2 Å². The predicted molar refractivity (Wildman–Crippen MR) is 85.2 cm³/mol. The molecule has 1 aromatic heterocycles. The summed E-state index contributed by atoms with van der Waals surface area (Å²) >= 11 is 1.63. The predicted octanol–water partition coefficient (Wildman–Crippen LogP) is 1.21. The zero-order chi connectivity index (χ0) is 16.5. The first kappa shape index (κ1) is 18.1. The summed E-state index contributed by atoms with van der Waals surface area (Å²) < 4.78 is 12.2. The van der Waals surface area contributed by atoms with Gasteiger partial charge in [0.25, 0.3) is 5.91 Å². The number of nitrogens with zero attached hydrogens (tertiary/aromatic N) is 1. The van der Waals surface area contributed by atoms with E-state index in [2.05, 4.69) is 13.8 Å². The van der Waals surface area contributed by atoms with Gasteiger partial charge in [-0.15, -0.1) is 0 Å². The summed E-state index contributed by atoms with van der Waals surface area (Å²) in [6.07, 6.45) is 1.77. The van der Waals surface area contributed by atoms with Crippen molar-refractivity contribution < 1.29 is 23.9 Å². The Balaban J connectivity index is 2.60. The van der Waals surface area contributed by atoms with Gasteiger partial charge in [0.05, 0.1) is 34.5 Å². The number of aromatic nitrogens is 1. The maximum Gasteiger partial charge on any atom is 0.408 e. The van der Waals surface area contributed by atoms with E-state index in [4.69, 9.17) is 9.47 Å². The van der Waals surface area contributed by atoms with Gasteiger partial charge in [-0.25, -0.2) is 9.59 Å². The van der Waals surface area contributed by atoms with Gasteiger partial charge in [0.15, 0.2) is 0 Å². The van der Waals surface area contributed by atoms with Gasteiger partial charge in [0, 0.05) is 12.4 Å². The third-order valence-electron chi connectivity index (χ3n) is 2.32. The van der Waals surface area contributed by atoms with Gasteiger partial charge in [0.2, 0.25) is 0 Å². The Kier molecular flexibility index (Phi) is 7.57. The van der Waals surface area contributed by atoms with Gasteiger partial charge in [-0.3, -0.25) is 13.3 Å². The molecule has 0 aliphatic rings. The highest BCUT2D eigenvalue weighted by Crippen LogP contribution is 2.01. The van der Waals surface area contributed by atoms with Gasteiger partial charge >= 0.3 is 12.1 Å². The number of halogens is 1. The molecule has 0 radical (unpaired) electrons. The van der Waals surface area contributed by atoms with Crippen LogP contribution in [0.3, 0.4) is 0 Å². The number of nitrogens with one attached hydrogen (secondary N) is 2. The Hall–Kier alpha value is -1.91. The number of rotatable bonds is 6. The van der Waals surface area contributed by atoms with Crippen molar-refractivity contribution in [3.8, 4) is 0 Å². The zero-order valence-corrected chi connectivity index (χ0v) is 14.2. The number of alkyl carbamates (subject to hydrolysis) is 1. The third-order valence-corrected chi connectivity index (χ3v) is 2.85. The van der Waals surface area contributed by atoms with Crippen molar-refractivity contribution in [1.29, 1.82) is 0 Å². The Labute approximate surface area is 141 Å². The van der Waals surface area contributed by atoms with E-state index in [0.717, 1.165) is 0 Å². The number of ether oxygens (including phenoxy) is 2. The van der Waals surface area contributed by atoms with E-state index < -0.39 is 24.0 Å². The van der Waals surface area contributed by atoms with Crippen molar-refractivity contribution in [3.05, 3.63) is 30.1 Å². The van der Waals surface area contributed by atoms with E-state index >= 15 is 0 Å². The normalized spacial score (nSPS) is 11.5. The molecule has 9 heteroatoms. The van der Waals surface area contributed by atoms with Crippen molar-refractivity contribution in [1.82, 2.24) is 13.8 Å². The molecular formula is C13H16IN3O5. The molecule has 0 aromatic carbocycles. The van der Waals surface area contributed by atoms with Crippen LogP contribution in [-0.4, -0.2) is 41.7 Å². The smallest absolute Gasteiger partial charge is 0.408 e. The summed E-state index contributed by atoms with van der Waals surface area (Å²) in [4.78, 5) is 38.8. The number of carbonyl (C=O) groups excluding carboxylic acids is 3. The van der Waals surface area contributed by atoms with Crippen molar-refractivity contribution in [2.75, 3.05) is 6.61 Å². The quantitative estimate of drug-likeness (QED) is 0.406. The number of carbonyl (C=O) groups is 3. The molecule has 2 amide bonds. The van der Waals surface area contributed by atoms with Crippen LogP contribution in [0.4, 0.5) is 4.79 Å². The first-order valence-electron chi connectivity index (χ1n) is 6.38. The molecule has 22 heavy (non-hydrogen) atoms. The molecule has 1 rings (SSSR count). The van der Waals surface area contributed by atoms with Gasteiger partial charge < -0.3 is 14.8 Å². The van der Waals surface area contributed by atoms with Crippen LogP contribution < -0.4 is 8.85 Å². The van der Waals surface area contributed by atoms with Crippen LogP contribution in [0.25, 0.3) is 0 Å². The SMILES string of the molecule is CC(C)OC(=O)N[C@@H](COC(=O)c1cccnc1)C(=O)NI. The average Bonchev–Trinajstić information content (AvgIpc) is 2.50. The fraction of sp³-hybridized carbons (Fsp3) is 0.385. The molecule has 0 unspecified atom stereocenters. The van der Waals surface area contributed by atoms with E-state index in [9.17, 15) is 14.4 Å². The van der Waals surface area contributed by atoms with Crippen LogP contribution in [0, 0.1) is 0 Å². The monoisotopic (exact) mass is 421 g/mol. The molecule has 0 fully saturated rings. The standard InChI is InChI=1S/C13H16IN3O5/c1-8(2)22-13(20)16-10(11(18)17-14)7-21-12(19)9-4-3-5-15-6-9/h3-6,8,10H,7H2,1-2H3,(H,16,20)(H,17,18)/t10-/m0/s1. The molecule has 1 heterocycles. The van der Waals surface area contributed by atoms with Crippen molar-refractivity contribution in [2.45, 2.75) is 26.0 Å². The Morgan fingerprint density at radius 1 is 1.36 bits per heavy atom. The van der Waals surface area contributed by atoms with Crippen molar-refractivity contribution in [3.63, 3.8) is 0 Å². The van der Waals surface area contributed by atoms with Crippen molar-refractivity contribution >= 4 is 40.8 Å². The molecule has 2 N–H and O–H groups in total. The highest BCUT2D eigenvalue weighted by atomic mass is 127. The highest BCUT2D eigenvalue weighted by Gasteiger charge is 2.23. The molecule has 0 aliphatic carbocycles. The van der Waals surface area contributed by atoms with Crippen LogP contribution in [0.15, 0.2) is 24.5 Å². The average molecular weight is 421 g/mol. The number of hydrogen-bond donors (Lipinski definition) is 2. The van der Waals surface area contributed by atoms with E-state index in [1.54, 1.807) is 42.8 Å².